The van der Waals surface area contributed by atoms with Gasteiger partial charge < -0.3 is 15.2 Å². The van der Waals surface area contributed by atoms with Crippen LogP contribution in [-0.4, -0.2) is 53.7 Å². The molecule has 1 unspecified atom stereocenters. The molecule has 3 rings (SSSR count). The molecule has 1 aliphatic rings. The number of nitrogens with one attached hydrogen (secondary N) is 1. The Balaban J connectivity index is 1.80. The van der Waals surface area contributed by atoms with Crippen LogP contribution in [0.3, 0.4) is 0 Å². The Kier molecular flexibility index (Phi) is 6.83. The molecular formula is C21H26N2O4S. The molecular weight excluding hydrogens is 376 g/mol. The predicted molar refractivity (Wildman–Crippen MR) is 111 cm³/mol. The quantitative estimate of drug-likeness (QED) is 0.724. The molecule has 1 fully saturated rings. The summed E-state index contributed by atoms with van der Waals surface area (Å²) in [5, 5.41) is 13.1. The van der Waals surface area contributed by atoms with Gasteiger partial charge in [0, 0.05) is 18.0 Å². The molecule has 0 spiro atoms. The molecule has 0 saturated carbocycles. The third-order valence-electron chi connectivity index (χ3n) is 4.95. The molecule has 28 heavy (non-hydrogen) atoms. The predicted octanol–water partition coefficient (Wildman–Crippen LogP) is 3.38. The lowest BCUT2D eigenvalue weighted by Crippen LogP contribution is -2.47. The normalized spacial score (nSPS) is 16.5. The molecule has 1 aromatic heterocycles. The van der Waals surface area contributed by atoms with E-state index in [1.807, 2.05) is 37.3 Å². The van der Waals surface area contributed by atoms with Crippen LogP contribution >= 0.6 is 11.3 Å². The first-order valence-corrected chi connectivity index (χ1v) is 10.4. The third kappa shape index (κ3) is 4.79. The number of piperidine rings is 1. The number of likely N-dealkylation sites (tertiary alicyclic amines) is 1. The van der Waals surface area contributed by atoms with E-state index in [-0.39, 0.29) is 24.7 Å². The molecule has 6 nitrogen and oxygen atoms in total. The van der Waals surface area contributed by atoms with Crippen LogP contribution in [-0.2, 0) is 9.53 Å². The molecule has 0 bridgehead atoms. The number of nitrogens with zero attached hydrogens (tertiary/aromatic N) is 1. The number of esters is 1. The Bertz CT molecular complexity index is 813. The van der Waals surface area contributed by atoms with E-state index in [9.17, 15) is 14.7 Å². The average Bonchev–Trinajstić information content (AvgIpc) is 3.13. The Morgan fingerprint density at radius 2 is 1.96 bits per heavy atom. The summed E-state index contributed by atoms with van der Waals surface area (Å²) in [5.74, 6) is -0.603. The average molecular weight is 403 g/mol. The number of benzene rings is 1. The summed E-state index contributed by atoms with van der Waals surface area (Å²) in [5.41, 5.74) is 1.36. The minimum atomic E-state index is -0.440. The summed E-state index contributed by atoms with van der Waals surface area (Å²) >= 11 is 1.37. The molecule has 0 aliphatic carbocycles. The zero-order valence-corrected chi connectivity index (χ0v) is 17.0. The highest BCUT2D eigenvalue weighted by atomic mass is 32.1. The molecule has 2 heterocycles. The molecule has 7 heteroatoms. The van der Waals surface area contributed by atoms with Gasteiger partial charge in [0.2, 0.25) is 5.91 Å². The number of anilines is 1. The van der Waals surface area contributed by atoms with E-state index in [0.29, 0.717) is 36.5 Å². The number of ether oxygens (including phenoxy) is 1. The van der Waals surface area contributed by atoms with Crippen LogP contribution in [0.2, 0.25) is 0 Å². The van der Waals surface area contributed by atoms with Gasteiger partial charge in [-0.25, -0.2) is 4.79 Å². The number of amides is 1. The molecule has 1 atom stereocenters. The van der Waals surface area contributed by atoms with Gasteiger partial charge in [-0.3, -0.25) is 9.69 Å². The lowest BCUT2D eigenvalue weighted by Gasteiger charge is -2.33. The van der Waals surface area contributed by atoms with E-state index >= 15 is 0 Å². The molecule has 1 aromatic carbocycles. The van der Waals surface area contributed by atoms with Crippen LogP contribution in [0.25, 0.3) is 10.4 Å². The number of carbonyl (C=O) groups is 2. The highest BCUT2D eigenvalue weighted by Gasteiger charge is 2.27. The van der Waals surface area contributed by atoms with E-state index in [4.69, 9.17) is 4.74 Å². The first-order chi connectivity index (χ1) is 13.5. The highest BCUT2D eigenvalue weighted by molar-refractivity contribution is 7.20. The van der Waals surface area contributed by atoms with Crippen molar-refractivity contribution in [2.24, 2.45) is 0 Å². The summed E-state index contributed by atoms with van der Waals surface area (Å²) in [6.07, 6.45) is 1.05. The maximum atomic E-state index is 12.8. The Morgan fingerprint density at radius 1 is 1.29 bits per heavy atom. The molecule has 150 valence electrons. The molecule has 1 aliphatic heterocycles. The van der Waals surface area contributed by atoms with Crippen molar-refractivity contribution in [3.63, 3.8) is 0 Å². The van der Waals surface area contributed by atoms with Gasteiger partial charge in [0.05, 0.1) is 24.3 Å². The van der Waals surface area contributed by atoms with E-state index in [2.05, 4.69) is 10.2 Å². The molecule has 1 saturated heterocycles. The number of thiophene rings is 1. The number of aliphatic hydroxyl groups is 1. The third-order valence-corrected chi connectivity index (χ3v) is 6.05. The van der Waals surface area contributed by atoms with Gasteiger partial charge in [-0.05, 0) is 38.3 Å². The van der Waals surface area contributed by atoms with Gasteiger partial charge in [0.25, 0.3) is 0 Å². The second-order valence-electron chi connectivity index (χ2n) is 6.87. The zero-order valence-electron chi connectivity index (χ0n) is 16.2. The largest absolute Gasteiger partial charge is 0.462 e. The van der Waals surface area contributed by atoms with Crippen LogP contribution in [0.1, 0.15) is 37.0 Å². The highest BCUT2D eigenvalue weighted by Crippen LogP contribution is 2.36. The fourth-order valence-corrected chi connectivity index (χ4v) is 4.30. The summed E-state index contributed by atoms with van der Waals surface area (Å²) in [7, 11) is 0. The van der Waals surface area contributed by atoms with Crippen molar-refractivity contribution < 1.29 is 19.4 Å². The van der Waals surface area contributed by atoms with Gasteiger partial charge in [0.1, 0.15) is 5.00 Å². The number of hydrogen-bond acceptors (Lipinski definition) is 6. The van der Waals surface area contributed by atoms with Crippen molar-refractivity contribution in [1.82, 2.24) is 4.90 Å². The first-order valence-electron chi connectivity index (χ1n) is 9.59. The van der Waals surface area contributed by atoms with Crippen LogP contribution in [0.15, 0.2) is 36.4 Å². The van der Waals surface area contributed by atoms with Crippen LogP contribution < -0.4 is 5.32 Å². The number of aliphatic hydroxyl groups excluding tert-OH is 1. The van der Waals surface area contributed by atoms with Crippen molar-refractivity contribution in [3.05, 3.63) is 42.0 Å². The fourth-order valence-electron chi connectivity index (χ4n) is 3.24. The fraction of sp³-hybridized carbons (Fsp3) is 0.429. The lowest BCUT2D eigenvalue weighted by molar-refractivity contribution is -0.121. The summed E-state index contributed by atoms with van der Waals surface area (Å²) < 4.78 is 5.17. The Morgan fingerprint density at radius 3 is 2.61 bits per heavy atom. The maximum Gasteiger partial charge on any atom is 0.341 e. The SMILES string of the molecule is CCOC(=O)c1cc(-c2ccccc2)sc1NC(=O)C(C)N1CCC(O)CC1. The van der Waals surface area contributed by atoms with Gasteiger partial charge in [-0.15, -0.1) is 11.3 Å². The van der Waals surface area contributed by atoms with E-state index in [1.54, 1.807) is 13.0 Å². The van der Waals surface area contributed by atoms with E-state index in [0.717, 1.165) is 10.4 Å². The molecule has 2 aromatic rings. The summed E-state index contributed by atoms with van der Waals surface area (Å²) in [4.78, 5) is 28.2. The van der Waals surface area contributed by atoms with Crippen molar-refractivity contribution >= 4 is 28.2 Å². The van der Waals surface area contributed by atoms with Gasteiger partial charge >= 0.3 is 5.97 Å². The number of carbonyl (C=O) groups excluding carboxylic acids is 2. The molecule has 0 radical (unpaired) electrons. The van der Waals surface area contributed by atoms with Crippen LogP contribution in [0.4, 0.5) is 5.00 Å². The molecule has 2 N–H and O–H groups in total. The Hall–Kier alpha value is -2.22. The van der Waals surface area contributed by atoms with Crippen molar-refractivity contribution in [3.8, 4) is 10.4 Å². The van der Waals surface area contributed by atoms with Gasteiger partial charge in [0.15, 0.2) is 0 Å². The minimum absolute atomic E-state index is 0.164. The lowest BCUT2D eigenvalue weighted by atomic mass is 10.1. The monoisotopic (exact) mass is 402 g/mol. The second-order valence-corrected chi connectivity index (χ2v) is 7.92. The topological polar surface area (TPSA) is 78.9 Å². The summed E-state index contributed by atoms with van der Waals surface area (Å²) in [6, 6.07) is 11.2. The Labute approximate surface area is 169 Å². The van der Waals surface area contributed by atoms with E-state index in [1.165, 1.54) is 11.3 Å². The number of rotatable bonds is 6. The number of hydrogen-bond donors (Lipinski definition) is 2. The van der Waals surface area contributed by atoms with Crippen LogP contribution in [0, 0.1) is 0 Å². The van der Waals surface area contributed by atoms with Gasteiger partial charge in [-0.2, -0.15) is 0 Å². The smallest absolute Gasteiger partial charge is 0.341 e. The van der Waals surface area contributed by atoms with Gasteiger partial charge in [-0.1, -0.05) is 30.3 Å². The van der Waals surface area contributed by atoms with Crippen molar-refractivity contribution in [1.29, 1.82) is 0 Å². The standard InChI is InChI=1S/C21H26N2O4S/c1-3-27-21(26)17-13-18(15-7-5-4-6-8-15)28-20(17)22-19(25)14(2)23-11-9-16(24)10-12-23/h4-8,13-14,16,24H,3,9-12H2,1-2H3,(H,22,25). The maximum absolute atomic E-state index is 12.8. The van der Waals surface area contributed by atoms with Crippen molar-refractivity contribution in [2.75, 3.05) is 25.0 Å². The first kappa shape index (κ1) is 20.5. The van der Waals surface area contributed by atoms with E-state index < -0.39 is 5.97 Å². The zero-order chi connectivity index (χ0) is 20.1. The minimum Gasteiger partial charge on any atom is -0.462 e. The second kappa shape index (κ2) is 9.32. The van der Waals surface area contributed by atoms with Crippen LogP contribution in [0.5, 0.6) is 0 Å². The summed E-state index contributed by atoms with van der Waals surface area (Å²) in [6.45, 7) is 5.24. The van der Waals surface area contributed by atoms with Crippen molar-refractivity contribution in [2.45, 2.75) is 38.8 Å². The molecule has 1 amide bonds.